The zero-order valence-corrected chi connectivity index (χ0v) is 13.5. The second-order valence-corrected chi connectivity index (χ2v) is 5.83. The van der Waals surface area contributed by atoms with Gasteiger partial charge in [-0.15, -0.1) is 0 Å². The monoisotopic (exact) mass is 313 g/mol. The molecular formula is C15H19N7O. The van der Waals surface area contributed by atoms with E-state index in [0.717, 1.165) is 29.1 Å². The number of hydrogen-bond acceptors (Lipinski definition) is 6. The second kappa shape index (κ2) is 5.31. The van der Waals surface area contributed by atoms with Crippen LogP contribution in [0.5, 0.6) is 0 Å². The fourth-order valence-corrected chi connectivity index (χ4v) is 2.98. The molecular weight excluding hydrogens is 294 g/mol. The second-order valence-electron chi connectivity index (χ2n) is 5.83. The van der Waals surface area contributed by atoms with Crippen molar-refractivity contribution in [1.29, 1.82) is 0 Å². The average Bonchev–Trinajstić information content (AvgIpc) is 3.14. The highest BCUT2D eigenvalue weighted by atomic mass is 16.5. The standard InChI is InChI=1S/C15H19N7O/c1-10-9-23-7-6-22(10)15-11-8-17-21(3)14(11)18-13(19-15)12-4-5-16-20(12)2/h4-5,8,10H,6-7,9H2,1-3H3/t10-/m1/s1. The molecule has 0 radical (unpaired) electrons. The van der Waals surface area contributed by atoms with Crippen LogP contribution in [0.25, 0.3) is 22.6 Å². The van der Waals surface area contributed by atoms with Crippen LogP contribution in [0.15, 0.2) is 18.5 Å². The van der Waals surface area contributed by atoms with Crippen molar-refractivity contribution in [1.82, 2.24) is 29.5 Å². The summed E-state index contributed by atoms with van der Waals surface area (Å²) in [6.07, 6.45) is 3.59. The van der Waals surface area contributed by atoms with Crippen LogP contribution in [0.1, 0.15) is 6.92 Å². The van der Waals surface area contributed by atoms with Crippen molar-refractivity contribution in [3.8, 4) is 11.5 Å². The number of anilines is 1. The van der Waals surface area contributed by atoms with E-state index in [2.05, 4.69) is 27.0 Å². The summed E-state index contributed by atoms with van der Waals surface area (Å²) in [5.41, 5.74) is 1.71. The molecule has 4 rings (SSSR count). The first-order valence-electron chi connectivity index (χ1n) is 7.67. The first-order valence-corrected chi connectivity index (χ1v) is 7.67. The van der Waals surface area contributed by atoms with E-state index in [-0.39, 0.29) is 6.04 Å². The minimum Gasteiger partial charge on any atom is -0.377 e. The summed E-state index contributed by atoms with van der Waals surface area (Å²) in [6.45, 7) is 4.37. The molecule has 23 heavy (non-hydrogen) atoms. The maximum Gasteiger partial charge on any atom is 0.181 e. The van der Waals surface area contributed by atoms with Gasteiger partial charge in [-0.05, 0) is 13.0 Å². The van der Waals surface area contributed by atoms with E-state index in [0.29, 0.717) is 19.0 Å². The molecule has 0 spiro atoms. The third-order valence-corrected chi connectivity index (χ3v) is 4.26. The van der Waals surface area contributed by atoms with Gasteiger partial charge in [-0.1, -0.05) is 0 Å². The molecule has 0 saturated carbocycles. The predicted octanol–water partition coefficient (Wildman–Crippen LogP) is 0.989. The van der Waals surface area contributed by atoms with Crippen molar-refractivity contribution in [2.24, 2.45) is 14.1 Å². The molecule has 1 fully saturated rings. The highest BCUT2D eigenvalue weighted by Gasteiger charge is 2.25. The van der Waals surface area contributed by atoms with Gasteiger partial charge in [0.15, 0.2) is 11.5 Å². The molecule has 3 aromatic heterocycles. The molecule has 0 aliphatic carbocycles. The lowest BCUT2D eigenvalue weighted by atomic mass is 10.2. The molecule has 8 heteroatoms. The predicted molar refractivity (Wildman–Crippen MR) is 86.1 cm³/mol. The van der Waals surface area contributed by atoms with Gasteiger partial charge in [0.05, 0.1) is 30.8 Å². The molecule has 1 aliphatic rings. The molecule has 3 aromatic rings. The van der Waals surface area contributed by atoms with Crippen LogP contribution in [0.4, 0.5) is 5.82 Å². The van der Waals surface area contributed by atoms with Gasteiger partial charge in [-0.3, -0.25) is 9.36 Å². The average molecular weight is 313 g/mol. The van der Waals surface area contributed by atoms with Crippen LogP contribution in [0.2, 0.25) is 0 Å². The van der Waals surface area contributed by atoms with Gasteiger partial charge in [0.25, 0.3) is 0 Å². The Labute approximate surface area is 133 Å². The molecule has 8 nitrogen and oxygen atoms in total. The Bertz CT molecular complexity index is 853. The van der Waals surface area contributed by atoms with Crippen molar-refractivity contribution < 1.29 is 4.74 Å². The fourth-order valence-electron chi connectivity index (χ4n) is 2.98. The number of aromatic nitrogens is 6. The smallest absolute Gasteiger partial charge is 0.181 e. The van der Waals surface area contributed by atoms with Crippen molar-refractivity contribution in [3.05, 3.63) is 18.5 Å². The number of aryl methyl sites for hydroxylation is 2. The first-order chi connectivity index (χ1) is 11.1. The Kier molecular flexibility index (Phi) is 3.26. The summed E-state index contributed by atoms with van der Waals surface area (Å²) >= 11 is 0. The Morgan fingerprint density at radius 1 is 1.17 bits per heavy atom. The first kappa shape index (κ1) is 14.1. The number of ether oxygens (including phenoxy) is 1. The van der Waals surface area contributed by atoms with E-state index in [1.165, 1.54) is 0 Å². The third kappa shape index (κ3) is 2.26. The number of nitrogens with zero attached hydrogens (tertiary/aromatic N) is 7. The van der Waals surface area contributed by atoms with Gasteiger partial charge >= 0.3 is 0 Å². The van der Waals surface area contributed by atoms with Gasteiger partial charge in [0.1, 0.15) is 11.5 Å². The molecule has 4 heterocycles. The molecule has 120 valence electrons. The maximum absolute atomic E-state index is 5.55. The fraction of sp³-hybridized carbons (Fsp3) is 0.467. The highest BCUT2D eigenvalue weighted by Crippen LogP contribution is 2.29. The van der Waals surface area contributed by atoms with Crippen LogP contribution in [0.3, 0.4) is 0 Å². The Balaban J connectivity index is 1.93. The number of hydrogen-bond donors (Lipinski definition) is 0. The van der Waals surface area contributed by atoms with Crippen LogP contribution in [-0.2, 0) is 18.8 Å². The largest absolute Gasteiger partial charge is 0.377 e. The molecule has 0 amide bonds. The Hall–Kier alpha value is -2.48. The summed E-state index contributed by atoms with van der Waals surface area (Å²) in [5, 5.41) is 9.54. The van der Waals surface area contributed by atoms with E-state index in [9.17, 15) is 0 Å². The van der Waals surface area contributed by atoms with Gasteiger partial charge < -0.3 is 9.64 Å². The quantitative estimate of drug-likeness (QED) is 0.702. The molecule has 1 aliphatic heterocycles. The zero-order chi connectivity index (χ0) is 16.0. The van der Waals surface area contributed by atoms with Crippen LogP contribution in [-0.4, -0.2) is 55.3 Å². The lowest BCUT2D eigenvalue weighted by Crippen LogP contribution is -2.44. The van der Waals surface area contributed by atoms with Crippen molar-refractivity contribution >= 4 is 16.9 Å². The minimum absolute atomic E-state index is 0.265. The third-order valence-electron chi connectivity index (χ3n) is 4.26. The minimum atomic E-state index is 0.265. The van der Waals surface area contributed by atoms with Crippen molar-refractivity contribution in [2.75, 3.05) is 24.7 Å². The molecule has 0 aromatic carbocycles. The number of morpholine rings is 1. The van der Waals surface area contributed by atoms with Crippen LogP contribution >= 0.6 is 0 Å². The number of fused-ring (bicyclic) bond motifs is 1. The maximum atomic E-state index is 5.55. The summed E-state index contributed by atoms with van der Waals surface area (Å²) in [7, 11) is 3.79. The van der Waals surface area contributed by atoms with E-state index in [1.54, 1.807) is 15.6 Å². The molecule has 0 bridgehead atoms. The summed E-state index contributed by atoms with van der Waals surface area (Å²) in [4.78, 5) is 11.8. The van der Waals surface area contributed by atoms with E-state index in [1.807, 2.05) is 26.4 Å². The molecule has 1 atom stereocenters. The lowest BCUT2D eigenvalue weighted by Gasteiger charge is -2.34. The zero-order valence-electron chi connectivity index (χ0n) is 13.5. The SMILES string of the molecule is C[C@@H]1COCCN1c1nc(-c2ccnn2C)nc2c1cnn2C. The highest BCUT2D eigenvalue weighted by molar-refractivity contribution is 5.88. The molecule has 0 N–H and O–H groups in total. The summed E-state index contributed by atoms with van der Waals surface area (Å²) in [5.74, 6) is 1.57. The van der Waals surface area contributed by atoms with E-state index < -0.39 is 0 Å². The summed E-state index contributed by atoms with van der Waals surface area (Å²) < 4.78 is 9.12. The summed E-state index contributed by atoms with van der Waals surface area (Å²) in [6, 6.07) is 2.19. The Morgan fingerprint density at radius 2 is 2.04 bits per heavy atom. The topological polar surface area (TPSA) is 73.9 Å². The van der Waals surface area contributed by atoms with Crippen molar-refractivity contribution in [2.45, 2.75) is 13.0 Å². The van der Waals surface area contributed by atoms with Gasteiger partial charge in [0.2, 0.25) is 0 Å². The molecule has 0 unspecified atom stereocenters. The van der Waals surface area contributed by atoms with Crippen LogP contribution < -0.4 is 4.90 Å². The van der Waals surface area contributed by atoms with Crippen LogP contribution in [0, 0.1) is 0 Å². The Morgan fingerprint density at radius 3 is 2.78 bits per heavy atom. The van der Waals surface area contributed by atoms with Gasteiger partial charge in [0, 0.05) is 26.8 Å². The van der Waals surface area contributed by atoms with E-state index in [4.69, 9.17) is 9.72 Å². The van der Waals surface area contributed by atoms with Gasteiger partial charge in [-0.25, -0.2) is 9.97 Å². The normalized spacial score (nSPS) is 18.7. The number of rotatable bonds is 2. The van der Waals surface area contributed by atoms with E-state index >= 15 is 0 Å². The van der Waals surface area contributed by atoms with Crippen molar-refractivity contribution in [3.63, 3.8) is 0 Å². The lowest BCUT2D eigenvalue weighted by molar-refractivity contribution is 0.0987. The molecule has 1 saturated heterocycles. The van der Waals surface area contributed by atoms with Gasteiger partial charge in [-0.2, -0.15) is 10.2 Å².